The van der Waals surface area contributed by atoms with Gasteiger partial charge in [-0.25, -0.2) is 9.78 Å². The molecule has 0 atom stereocenters. The molecule has 3 amide bonds. The highest BCUT2D eigenvalue weighted by Gasteiger charge is 2.23. The highest BCUT2D eigenvalue weighted by molar-refractivity contribution is 7.99. The Morgan fingerprint density at radius 3 is 2.73 bits per heavy atom. The number of nitrogens with zero attached hydrogens (tertiary/aromatic N) is 2. The summed E-state index contributed by atoms with van der Waals surface area (Å²) in [5.41, 5.74) is 3.45. The fraction of sp³-hybridized carbons (Fsp3) is 0.240. The number of ether oxygens (including phenoxy) is 1. The van der Waals surface area contributed by atoms with Crippen LogP contribution in [0.2, 0.25) is 0 Å². The van der Waals surface area contributed by atoms with E-state index >= 15 is 0 Å². The minimum atomic E-state index is -0.189. The van der Waals surface area contributed by atoms with Crippen LogP contribution in [-0.2, 0) is 17.6 Å². The molecule has 2 N–H and O–H groups in total. The van der Waals surface area contributed by atoms with Crippen molar-refractivity contribution >= 4 is 35.1 Å². The number of carbonyl (C=O) groups is 2. The number of methoxy groups -OCH3 is 1. The fourth-order valence-corrected chi connectivity index (χ4v) is 4.58. The number of anilines is 2. The van der Waals surface area contributed by atoms with E-state index in [-0.39, 0.29) is 18.4 Å². The maximum Gasteiger partial charge on any atom is 0.326 e. The zero-order chi connectivity index (χ0) is 23.0. The Kier molecular flexibility index (Phi) is 7.47. The van der Waals surface area contributed by atoms with Gasteiger partial charge >= 0.3 is 6.03 Å². The number of rotatable bonds is 7. The number of hydrogen-bond acceptors (Lipinski definition) is 5. The van der Waals surface area contributed by atoms with Crippen LogP contribution < -0.4 is 20.3 Å². The third-order valence-corrected chi connectivity index (χ3v) is 6.29. The van der Waals surface area contributed by atoms with Gasteiger partial charge in [-0.2, -0.15) is 0 Å². The summed E-state index contributed by atoms with van der Waals surface area (Å²) in [5.74, 6) is 1.59. The van der Waals surface area contributed by atoms with Gasteiger partial charge in [0, 0.05) is 30.7 Å². The van der Waals surface area contributed by atoms with Gasteiger partial charge in [-0.05, 0) is 47.9 Å². The monoisotopic (exact) mass is 462 g/mol. The first kappa shape index (κ1) is 22.7. The Bertz CT molecular complexity index is 1120. The second-order valence-corrected chi connectivity index (χ2v) is 8.63. The molecule has 0 spiro atoms. The minimum Gasteiger partial charge on any atom is -0.496 e. The summed E-state index contributed by atoms with van der Waals surface area (Å²) >= 11 is 1.65. The number of aromatic nitrogens is 1. The van der Waals surface area contributed by atoms with Crippen LogP contribution in [0.15, 0.2) is 71.9 Å². The first-order chi connectivity index (χ1) is 16.1. The lowest BCUT2D eigenvalue weighted by atomic mass is 10.1. The van der Waals surface area contributed by atoms with Crippen molar-refractivity contribution in [1.29, 1.82) is 0 Å². The summed E-state index contributed by atoms with van der Waals surface area (Å²) in [7, 11) is 1.64. The van der Waals surface area contributed by atoms with Crippen molar-refractivity contribution in [3.05, 3.63) is 78.0 Å². The Morgan fingerprint density at radius 2 is 1.91 bits per heavy atom. The predicted molar refractivity (Wildman–Crippen MR) is 131 cm³/mol. The van der Waals surface area contributed by atoms with Crippen LogP contribution in [0.5, 0.6) is 5.75 Å². The van der Waals surface area contributed by atoms with Crippen molar-refractivity contribution in [1.82, 2.24) is 10.3 Å². The van der Waals surface area contributed by atoms with Crippen molar-refractivity contribution < 1.29 is 14.3 Å². The van der Waals surface area contributed by atoms with Crippen LogP contribution in [0.3, 0.4) is 0 Å². The van der Waals surface area contributed by atoms with E-state index in [0.717, 1.165) is 33.3 Å². The number of fused-ring (bicyclic) bond motifs is 1. The van der Waals surface area contributed by atoms with Crippen molar-refractivity contribution in [2.45, 2.75) is 17.9 Å². The van der Waals surface area contributed by atoms with Crippen molar-refractivity contribution in [3.63, 3.8) is 0 Å². The smallest absolute Gasteiger partial charge is 0.326 e. The number of amides is 3. The molecule has 1 aromatic heterocycles. The molecule has 33 heavy (non-hydrogen) atoms. The average molecular weight is 463 g/mol. The van der Waals surface area contributed by atoms with E-state index in [2.05, 4.69) is 15.6 Å². The molecule has 2 aromatic carbocycles. The summed E-state index contributed by atoms with van der Waals surface area (Å²) in [6, 6.07) is 18.7. The van der Waals surface area contributed by atoms with Gasteiger partial charge in [-0.3, -0.25) is 9.69 Å². The molecule has 0 saturated heterocycles. The van der Waals surface area contributed by atoms with Crippen LogP contribution in [0.4, 0.5) is 16.2 Å². The molecule has 1 aliphatic heterocycles. The Hall–Kier alpha value is -3.52. The lowest BCUT2D eigenvalue weighted by molar-refractivity contribution is -0.120. The summed E-state index contributed by atoms with van der Waals surface area (Å²) in [4.78, 5) is 31.1. The summed E-state index contributed by atoms with van der Waals surface area (Å²) < 4.78 is 5.34. The van der Waals surface area contributed by atoms with Crippen LogP contribution >= 0.6 is 11.8 Å². The highest BCUT2D eigenvalue weighted by atomic mass is 32.2. The van der Waals surface area contributed by atoms with E-state index in [1.54, 1.807) is 30.0 Å². The molecule has 4 rings (SSSR count). The van der Waals surface area contributed by atoms with Gasteiger partial charge in [0.2, 0.25) is 5.91 Å². The first-order valence-corrected chi connectivity index (χ1v) is 11.8. The number of pyridine rings is 1. The minimum absolute atomic E-state index is 0.0448. The Balaban J connectivity index is 1.27. The summed E-state index contributed by atoms with van der Waals surface area (Å²) in [6.07, 6.45) is 2.72. The lowest BCUT2D eigenvalue weighted by Gasteiger charge is -2.28. The second-order valence-electron chi connectivity index (χ2n) is 7.54. The van der Waals surface area contributed by atoms with E-state index in [9.17, 15) is 9.59 Å². The summed E-state index contributed by atoms with van der Waals surface area (Å²) in [5, 5.41) is 6.75. The van der Waals surface area contributed by atoms with Crippen molar-refractivity contribution in [3.8, 4) is 5.75 Å². The molecule has 0 saturated carbocycles. The Labute approximate surface area is 197 Å². The van der Waals surface area contributed by atoms with Crippen LogP contribution in [0, 0.1) is 0 Å². The van der Waals surface area contributed by atoms with Crippen molar-refractivity contribution in [2.24, 2.45) is 0 Å². The number of carbonyl (C=O) groups excluding carboxylic acids is 2. The van der Waals surface area contributed by atoms with Gasteiger partial charge in [-0.1, -0.05) is 30.3 Å². The normalized spacial score (nSPS) is 12.6. The van der Waals surface area contributed by atoms with E-state index < -0.39 is 0 Å². The molecule has 0 fully saturated rings. The van der Waals surface area contributed by atoms with Gasteiger partial charge < -0.3 is 15.4 Å². The van der Waals surface area contributed by atoms with Gasteiger partial charge in [0.25, 0.3) is 0 Å². The topological polar surface area (TPSA) is 83.6 Å². The molecule has 0 unspecified atom stereocenters. The van der Waals surface area contributed by atoms with Crippen LogP contribution in [0.25, 0.3) is 0 Å². The highest BCUT2D eigenvalue weighted by Crippen LogP contribution is 2.32. The van der Waals surface area contributed by atoms with Gasteiger partial charge in [-0.15, -0.1) is 11.8 Å². The van der Waals surface area contributed by atoms with Crippen LogP contribution in [0.1, 0.15) is 11.1 Å². The number of hydrogen-bond donors (Lipinski definition) is 2. The van der Waals surface area contributed by atoms with Crippen molar-refractivity contribution in [2.75, 3.05) is 36.2 Å². The largest absolute Gasteiger partial charge is 0.496 e. The molecule has 2 heterocycles. The molecule has 1 aliphatic rings. The van der Waals surface area contributed by atoms with Crippen LogP contribution in [-0.4, -0.2) is 42.9 Å². The number of nitrogens with one attached hydrogen (secondary N) is 2. The number of thioether (sulfide) groups is 1. The molecule has 0 aliphatic carbocycles. The zero-order valence-corrected chi connectivity index (χ0v) is 19.2. The number of urea groups is 1. The molecule has 7 nitrogen and oxygen atoms in total. The van der Waals surface area contributed by atoms with Gasteiger partial charge in [0.05, 0.1) is 19.2 Å². The SMILES string of the molecule is COc1ccccc1CCNC(=O)Cc1ccc(NC(=O)N2CCSc3ncccc32)cc1. The van der Waals surface area contributed by atoms with E-state index in [0.29, 0.717) is 25.2 Å². The van der Waals surface area contributed by atoms with Gasteiger partial charge in [0.1, 0.15) is 10.8 Å². The average Bonchev–Trinajstić information content (AvgIpc) is 2.85. The van der Waals surface area contributed by atoms with E-state index in [1.165, 1.54) is 0 Å². The fourth-order valence-electron chi connectivity index (χ4n) is 3.65. The quantitative estimate of drug-likeness (QED) is 0.552. The van der Waals surface area contributed by atoms with Gasteiger partial charge in [0.15, 0.2) is 0 Å². The zero-order valence-electron chi connectivity index (χ0n) is 18.4. The predicted octanol–water partition coefficient (Wildman–Crippen LogP) is 4.14. The number of benzene rings is 2. The molecular formula is C25H26N4O3S. The van der Waals surface area contributed by atoms with E-state index in [4.69, 9.17) is 4.74 Å². The molecule has 8 heteroatoms. The first-order valence-electron chi connectivity index (χ1n) is 10.8. The summed E-state index contributed by atoms with van der Waals surface area (Å²) in [6.45, 7) is 1.17. The molecular weight excluding hydrogens is 436 g/mol. The molecule has 170 valence electrons. The Morgan fingerprint density at radius 1 is 1.09 bits per heavy atom. The standard InChI is InChI=1S/C25H26N4O3S/c1-32-22-7-3-2-5-19(22)12-14-26-23(30)17-18-8-10-20(11-9-18)28-25(31)29-15-16-33-24-21(29)6-4-13-27-24/h2-11,13H,12,14-17H2,1H3,(H,26,30)(H,28,31). The second kappa shape index (κ2) is 10.9. The maximum absolute atomic E-state index is 12.8. The molecule has 0 bridgehead atoms. The molecule has 3 aromatic rings. The third kappa shape index (κ3) is 5.84. The number of para-hydroxylation sites is 1. The maximum atomic E-state index is 12.8. The van der Waals surface area contributed by atoms with E-state index in [1.807, 2.05) is 60.7 Å². The molecule has 0 radical (unpaired) electrons. The lowest BCUT2D eigenvalue weighted by Crippen LogP contribution is -2.38. The third-order valence-electron chi connectivity index (χ3n) is 5.32.